The molecule has 0 bridgehead atoms. The minimum Gasteiger partial charge on any atom is -0.348 e. The molecule has 1 aliphatic heterocycles. The predicted octanol–water partition coefficient (Wildman–Crippen LogP) is 3.76. The zero-order chi connectivity index (χ0) is 18.5. The van der Waals surface area contributed by atoms with E-state index in [-0.39, 0.29) is 36.3 Å². The van der Waals surface area contributed by atoms with E-state index >= 15 is 0 Å². The van der Waals surface area contributed by atoms with Gasteiger partial charge in [-0.25, -0.2) is 0 Å². The van der Waals surface area contributed by atoms with Crippen molar-refractivity contribution in [2.24, 2.45) is 5.73 Å². The minimum absolute atomic E-state index is 0. The average molecular weight is 408 g/mol. The SMILES string of the molecule is CCC(NC(=O)CN1C[C@@H](N)[C@H](c2ccccc2)C1)c1ccc(Cl)cc1.Cl. The molecule has 1 heterocycles. The number of carbonyl (C=O) groups excluding carboxylic acids is 1. The molecule has 27 heavy (non-hydrogen) atoms. The number of hydrogen-bond donors (Lipinski definition) is 2. The van der Waals surface area contributed by atoms with Crippen LogP contribution in [0.2, 0.25) is 5.02 Å². The smallest absolute Gasteiger partial charge is 0.234 e. The summed E-state index contributed by atoms with van der Waals surface area (Å²) in [5.41, 5.74) is 8.64. The fraction of sp³-hybridized carbons (Fsp3) is 0.381. The van der Waals surface area contributed by atoms with Crippen molar-refractivity contribution in [3.63, 3.8) is 0 Å². The highest BCUT2D eigenvalue weighted by molar-refractivity contribution is 6.30. The predicted molar refractivity (Wildman–Crippen MR) is 113 cm³/mol. The number of nitrogens with one attached hydrogen (secondary N) is 1. The molecule has 3 atom stereocenters. The summed E-state index contributed by atoms with van der Waals surface area (Å²) < 4.78 is 0. The molecular formula is C21H27Cl2N3O. The van der Waals surface area contributed by atoms with Crippen LogP contribution in [0.15, 0.2) is 54.6 Å². The molecule has 2 aromatic rings. The Bertz CT molecular complexity index is 724. The van der Waals surface area contributed by atoms with Gasteiger partial charge in [-0.2, -0.15) is 0 Å². The van der Waals surface area contributed by atoms with E-state index in [1.54, 1.807) is 0 Å². The number of nitrogens with zero attached hydrogens (tertiary/aromatic N) is 1. The fourth-order valence-electron chi connectivity index (χ4n) is 3.65. The number of hydrogen-bond acceptors (Lipinski definition) is 3. The third-order valence-electron chi connectivity index (χ3n) is 5.05. The Balaban J connectivity index is 0.00000261. The second-order valence-corrected chi connectivity index (χ2v) is 7.39. The molecule has 6 heteroatoms. The van der Waals surface area contributed by atoms with Crippen LogP contribution >= 0.6 is 24.0 Å². The van der Waals surface area contributed by atoms with Crippen LogP contribution in [0.1, 0.15) is 36.4 Å². The normalized spacial score (nSPS) is 20.7. The standard InChI is InChI=1S/C21H26ClN3O.ClH/c1-2-20(16-8-10-17(22)11-9-16)24-21(26)14-25-12-18(19(23)13-25)15-6-4-3-5-7-15;/h3-11,18-20H,2,12-14,23H2,1H3,(H,24,26);1H/t18-,19+,20?;/m0./s1. The monoisotopic (exact) mass is 407 g/mol. The van der Waals surface area contributed by atoms with Crippen LogP contribution in [0.4, 0.5) is 0 Å². The number of halogens is 2. The second kappa shape index (κ2) is 10.1. The van der Waals surface area contributed by atoms with E-state index in [9.17, 15) is 4.79 Å². The highest BCUT2D eigenvalue weighted by atomic mass is 35.5. The van der Waals surface area contributed by atoms with Crippen molar-refractivity contribution < 1.29 is 4.79 Å². The summed E-state index contributed by atoms with van der Waals surface area (Å²) >= 11 is 5.95. The average Bonchev–Trinajstić information content (AvgIpc) is 3.01. The molecule has 2 aromatic carbocycles. The van der Waals surface area contributed by atoms with E-state index in [1.165, 1.54) is 5.56 Å². The quantitative estimate of drug-likeness (QED) is 0.766. The molecule has 0 saturated carbocycles. The van der Waals surface area contributed by atoms with E-state index in [4.69, 9.17) is 17.3 Å². The van der Waals surface area contributed by atoms with Crippen molar-refractivity contribution in [1.82, 2.24) is 10.2 Å². The first-order valence-electron chi connectivity index (χ1n) is 9.14. The molecule has 1 fully saturated rings. The van der Waals surface area contributed by atoms with Crippen LogP contribution in [0.5, 0.6) is 0 Å². The van der Waals surface area contributed by atoms with Crippen LogP contribution < -0.4 is 11.1 Å². The number of nitrogens with two attached hydrogens (primary N) is 1. The minimum atomic E-state index is 0. The highest BCUT2D eigenvalue weighted by Gasteiger charge is 2.32. The maximum Gasteiger partial charge on any atom is 0.234 e. The van der Waals surface area contributed by atoms with Gasteiger partial charge in [-0.3, -0.25) is 9.69 Å². The zero-order valence-electron chi connectivity index (χ0n) is 15.5. The number of amides is 1. The van der Waals surface area contributed by atoms with Gasteiger partial charge < -0.3 is 11.1 Å². The van der Waals surface area contributed by atoms with E-state index in [0.717, 1.165) is 25.1 Å². The van der Waals surface area contributed by atoms with Gasteiger partial charge in [-0.05, 0) is 29.7 Å². The van der Waals surface area contributed by atoms with Crippen LogP contribution in [-0.4, -0.2) is 36.5 Å². The summed E-state index contributed by atoms with van der Waals surface area (Å²) in [5, 5.41) is 3.84. The molecule has 1 aliphatic rings. The number of carbonyl (C=O) groups is 1. The lowest BCUT2D eigenvalue weighted by molar-refractivity contribution is -0.122. The third-order valence-corrected chi connectivity index (χ3v) is 5.30. The van der Waals surface area contributed by atoms with Crippen molar-refractivity contribution in [1.29, 1.82) is 0 Å². The molecule has 4 nitrogen and oxygen atoms in total. The van der Waals surface area contributed by atoms with Gasteiger partial charge in [0, 0.05) is 30.1 Å². The van der Waals surface area contributed by atoms with Gasteiger partial charge >= 0.3 is 0 Å². The van der Waals surface area contributed by atoms with E-state index in [1.807, 2.05) is 42.5 Å². The Morgan fingerprint density at radius 3 is 2.48 bits per heavy atom. The molecule has 3 N–H and O–H groups in total. The van der Waals surface area contributed by atoms with Crippen LogP contribution in [0.3, 0.4) is 0 Å². The summed E-state index contributed by atoms with van der Waals surface area (Å²) in [6.07, 6.45) is 0.833. The Kier molecular flexibility index (Phi) is 8.11. The molecule has 0 aliphatic carbocycles. The first-order chi connectivity index (χ1) is 12.6. The lowest BCUT2D eigenvalue weighted by Crippen LogP contribution is -2.38. The summed E-state index contributed by atoms with van der Waals surface area (Å²) in [6.45, 7) is 4.00. The van der Waals surface area contributed by atoms with Gasteiger partial charge in [-0.15, -0.1) is 12.4 Å². The van der Waals surface area contributed by atoms with E-state index in [2.05, 4.69) is 29.3 Å². The highest BCUT2D eigenvalue weighted by Crippen LogP contribution is 2.26. The number of rotatable bonds is 6. The van der Waals surface area contributed by atoms with Gasteiger partial charge in [-0.1, -0.05) is 61.0 Å². The largest absolute Gasteiger partial charge is 0.348 e. The molecule has 146 valence electrons. The summed E-state index contributed by atoms with van der Waals surface area (Å²) in [6, 6.07) is 18.0. The van der Waals surface area contributed by atoms with Crippen molar-refractivity contribution in [3.05, 3.63) is 70.7 Å². The zero-order valence-corrected chi connectivity index (χ0v) is 17.0. The van der Waals surface area contributed by atoms with Gasteiger partial charge in [0.25, 0.3) is 0 Å². The summed E-state index contributed by atoms with van der Waals surface area (Å²) in [5.74, 6) is 0.315. The summed E-state index contributed by atoms with van der Waals surface area (Å²) in [7, 11) is 0. The molecule has 1 amide bonds. The molecule has 0 aromatic heterocycles. The van der Waals surface area contributed by atoms with Crippen molar-refractivity contribution >= 4 is 29.9 Å². The number of likely N-dealkylation sites (tertiary alicyclic amines) is 1. The van der Waals surface area contributed by atoms with Gasteiger partial charge in [0.1, 0.15) is 0 Å². The van der Waals surface area contributed by atoms with Crippen LogP contribution in [-0.2, 0) is 4.79 Å². The van der Waals surface area contributed by atoms with Crippen molar-refractivity contribution in [3.8, 4) is 0 Å². The van der Waals surface area contributed by atoms with Gasteiger partial charge in [0.05, 0.1) is 12.6 Å². The Hall–Kier alpha value is -1.59. The first kappa shape index (κ1) is 21.7. The maximum atomic E-state index is 12.5. The van der Waals surface area contributed by atoms with Gasteiger partial charge in [0.15, 0.2) is 0 Å². The van der Waals surface area contributed by atoms with Crippen LogP contribution in [0.25, 0.3) is 0 Å². The molecule has 1 unspecified atom stereocenters. The first-order valence-corrected chi connectivity index (χ1v) is 9.52. The van der Waals surface area contributed by atoms with E-state index < -0.39 is 0 Å². The molecule has 0 spiro atoms. The van der Waals surface area contributed by atoms with Crippen molar-refractivity contribution in [2.45, 2.75) is 31.3 Å². The molecule has 1 saturated heterocycles. The third kappa shape index (κ3) is 5.69. The lowest BCUT2D eigenvalue weighted by Gasteiger charge is -2.20. The second-order valence-electron chi connectivity index (χ2n) is 6.96. The fourth-order valence-corrected chi connectivity index (χ4v) is 3.78. The van der Waals surface area contributed by atoms with Crippen LogP contribution in [0, 0.1) is 0 Å². The van der Waals surface area contributed by atoms with Gasteiger partial charge in [0.2, 0.25) is 5.91 Å². The molecule has 3 rings (SSSR count). The Morgan fingerprint density at radius 2 is 1.85 bits per heavy atom. The molecule has 0 radical (unpaired) electrons. The lowest BCUT2D eigenvalue weighted by atomic mass is 9.95. The summed E-state index contributed by atoms with van der Waals surface area (Å²) in [4.78, 5) is 14.7. The topological polar surface area (TPSA) is 58.4 Å². The van der Waals surface area contributed by atoms with E-state index in [0.29, 0.717) is 11.6 Å². The number of benzene rings is 2. The maximum absolute atomic E-state index is 12.5. The molecular weight excluding hydrogens is 381 g/mol. The Morgan fingerprint density at radius 1 is 1.19 bits per heavy atom. The Labute approximate surface area is 172 Å². The van der Waals surface area contributed by atoms with Crippen molar-refractivity contribution in [2.75, 3.05) is 19.6 Å².